The van der Waals surface area contributed by atoms with E-state index >= 15 is 0 Å². The Bertz CT molecular complexity index is 578. The van der Waals surface area contributed by atoms with Gasteiger partial charge in [0, 0.05) is 0 Å². The number of carboxylic acid groups (broad SMARTS) is 1. The van der Waals surface area contributed by atoms with Crippen LogP contribution in [0, 0.1) is 18.2 Å². The van der Waals surface area contributed by atoms with Crippen molar-refractivity contribution in [3.8, 4) is 0 Å². The molecule has 1 fully saturated rings. The average molecular weight is 296 g/mol. The van der Waals surface area contributed by atoms with Crippen molar-refractivity contribution in [1.29, 1.82) is 0 Å². The van der Waals surface area contributed by atoms with Crippen LogP contribution >= 0.6 is 0 Å². The highest BCUT2D eigenvalue weighted by Gasteiger charge is 2.47. The molecule has 1 aromatic rings. The number of ether oxygens (including phenoxy) is 1. The second kappa shape index (κ2) is 5.69. The SMILES string of the molecule is Cc1ccc(F)c(NC(=O)NC2COCC2(C)C(=O)O)c1. The van der Waals surface area contributed by atoms with E-state index in [-0.39, 0.29) is 18.9 Å². The van der Waals surface area contributed by atoms with Crippen molar-refractivity contribution in [2.45, 2.75) is 19.9 Å². The number of hydrogen-bond acceptors (Lipinski definition) is 3. The molecule has 1 aromatic carbocycles. The van der Waals surface area contributed by atoms with Gasteiger partial charge in [-0.15, -0.1) is 0 Å². The Kier molecular flexibility index (Phi) is 4.13. The van der Waals surface area contributed by atoms with Crippen LogP contribution in [0.25, 0.3) is 0 Å². The minimum absolute atomic E-state index is 0.0199. The zero-order valence-electron chi connectivity index (χ0n) is 11.8. The summed E-state index contributed by atoms with van der Waals surface area (Å²) >= 11 is 0. The number of carbonyl (C=O) groups is 2. The summed E-state index contributed by atoms with van der Waals surface area (Å²) in [6.07, 6.45) is 0. The fourth-order valence-electron chi connectivity index (χ4n) is 2.14. The molecular formula is C14H17FN2O4. The summed E-state index contributed by atoms with van der Waals surface area (Å²) in [6.45, 7) is 3.40. The van der Waals surface area contributed by atoms with Gasteiger partial charge >= 0.3 is 12.0 Å². The molecule has 2 atom stereocenters. The third kappa shape index (κ3) is 3.13. The zero-order valence-corrected chi connectivity index (χ0v) is 11.8. The molecule has 1 aliphatic rings. The molecule has 0 radical (unpaired) electrons. The van der Waals surface area contributed by atoms with Gasteiger partial charge in [-0.25, -0.2) is 9.18 Å². The minimum Gasteiger partial charge on any atom is -0.481 e. The first-order valence-corrected chi connectivity index (χ1v) is 6.48. The molecule has 0 aromatic heterocycles. The second-order valence-corrected chi connectivity index (χ2v) is 5.37. The van der Waals surface area contributed by atoms with Crippen molar-refractivity contribution in [2.75, 3.05) is 18.5 Å². The molecule has 2 unspecified atom stereocenters. The van der Waals surface area contributed by atoms with Gasteiger partial charge in [0.25, 0.3) is 0 Å². The molecule has 6 nitrogen and oxygen atoms in total. The number of halogens is 1. The van der Waals surface area contributed by atoms with Gasteiger partial charge in [-0.3, -0.25) is 4.79 Å². The number of nitrogens with one attached hydrogen (secondary N) is 2. The van der Waals surface area contributed by atoms with Crippen molar-refractivity contribution >= 4 is 17.7 Å². The van der Waals surface area contributed by atoms with E-state index in [2.05, 4.69) is 10.6 Å². The summed E-state index contributed by atoms with van der Waals surface area (Å²) in [7, 11) is 0. The Morgan fingerprint density at radius 1 is 1.48 bits per heavy atom. The van der Waals surface area contributed by atoms with Gasteiger partial charge in [0.15, 0.2) is 0 Å². The largest absolute Gasteiger partial charge is 0.481 e. The Labute approximate surface area is 121 Å². The smallest absolute Gasteiger partial charge is 0.319 e. The van der Waals surface area contributed by atoms with E-state index in [0.29, 0.717) is 0 Å². The highest BCUT2D eigenvalue weighted by atomic mass is 19.1. The lowest BCUT2D eigenvalue weighted by Crippen LogP contribution is -2.50. The first kappa shape index (κ1) is 15.2. The van der Waals surface area contributed by atoms with Gasteiger partial charge in [-0.1, -0.05) is 6.07 Å². The Balaban J connectivity index is 2.05. The Morgan fingerprint density at radius 3 is 2.86 bits per heavy atom. The molecule has 114 valence electrons. The van der Waals surface area contributed by atoms with Crippen molar-refractivity contribution < 1.29 is 23.8 Å². The molecule has 0 bridgehead atoms. The minimum atomic E-state index is -1.19. The molecule has 1 heterocycles. The van der Waals surface area contributed by atoms with Crippen molar-refractivity contribution in [2.24, 2.45) is 5.41 Å². The number of urea groups is 1. The third-order valence-corrected chi connectivity index (χ3v) is 3.62. The number of benzene rings is 1. The van der Waals surface area contributed by atoms with Crippen LogP contribution in [0.5, 0.6) is 0 Å². The van der Waals surface area contributed by atoms with Crippen LogP contribution in [-0.2, 0) is 9.53 Å². The molecule has 2 rings (SSSR count). The predicted molar refractivity (Wildman–Crippen MR) is 73.6 cm³/mol. The number of carbonyl (C=O) groups excluding carboxylic acids is 1. The number of hydrogen-bond donors (Lipinski definition) is 3. The zero-order chi connectivity index (χ0) is 15.6. The highest BCUT2D eigenvalue weighted by Crippen LogP contribution is 2.28. The number of rotatable bonds is 3. The summed E-state index contributed by atoms with van der Waals surface area (Å²) in [5.41, 5.74) is -0.350. The summed E-state index contributed by atoms with van der Waals surface area (Å²) in [5, 5.41) is 14.1. The van der Waals surface area contributed by atoms with Crippen LogP contribution in [0.2, 0.25) is 0 Å². The summed E-state index contributed by atoms with van der Waals surface area (Å²) in [4.78, 5) is 23.2. The molecule has 21 heavy (non-hydrogen) atoms. The molecule has 2 amide bonds. The molecule has 1 saturated heterocycles. The van der Waals surface area contributed by atoms with Crippen molar-refractivity contribution in [3.63, 3.8) is 0 Å². The number of aryl methyl sites for hydroxylation is 1. The van der Waals surface area contributed by atoms with Crippen LogP contribution < -0.4 is 10.6 Å². The lowest BCUT2D eigenvalue weighted by Gasteiger charge is -2.25. The molecule has 7 heteroatoms. The predicted octanol–water partition coefficient (Wildman–Crippen LogP) is 1.75. The van der Waals surface area contributed by atoms with Crippen LogP contribution in [0.4, 0.5) is 14.9 Å². The quantitative estimate of drug-likeness (QED) is 0.793. The molecule has 0 spiro atoms. The summed E-state index contributed by atoms with van der Waals surface area (Å²) in [5.74, 6) is -1.61. The Morgan fingerprint density at radius 2 is 2.19 bits per heavy atom. The van der Waals surface area contributed by atoms with E-state index in [9.17, 15) is 19.1 Å². The first-order chi connectivity index (χ1) is 9.83. The molecule has 0 aliphatic carbocycles. The normalized spacial score (nSPS) is 24.6. The van der Waals surface area contributed by atoms with Gasteiger partial charge in [0.05, 0.1) is 24.9 Å². The Hall–Kier alpha value is -2.15. The lowest BCUT2D eigenvalue weighted by molar-refractivity contribution is -0.148. The average Bonchev–Trinajstić information content (AvgIpc) is 2.77. The van der Waals surface area contributed by atoms with E-state index in [1.54, 1.807) is 13.0 Å². The van der Waals surface area contributed by atoms with Gasteiger partial charge in [0.2, 0.25) is 0 Å². The van der Waals surface area contributed by atoms with Gasteiger partial charge in [-0.05, 0) is 31.5 Å². The number of anilines is 1. The number of carboxylic acids is 1. The maximum absolute atomic E-state index is 13.6. The molecule has 3 N–H and O–H groups in total. The van der Waals surface area contributed by atoms with Crippen LogP contribution in [0.3, 0.4) is 0 Å². The van der Waals surface area contributed by atoms with E-state index in [4.69, 9.17) is 4.74 Å². The van der Waals surface area contributed by atoms with Crippen molar-refractivity contribution in [1.82, 2.24) is 5.32 Å². The summed E-state index contributed by atoms with van der Waals surface area (Å²) in [6, 6.07) is 3.00. The fourth-order valence-corrected chi connectivity index (χ4v) is 2.14. The van der Waals surface area contributed by atoms with Crippen molar-refractivity contribution in [3.05, 3.63) is 29.6 Å². The van der Waals surface area contributed by atoms with Gasteiger partial charge < -0.3 is 20.5 Å². The maximum atomic E-state index is 13.6. The van der Waals surface area contributed by atoms with E-state index in [0.717, 1.165) is 5.56 Å². The fraction of sp³-hybridized carbons (Fsp3) is 0.429. The van der Waals surface area contributed by atoms with Crippen LogP contribution in [0.1, 0.15) is 12.5 Å². The lowest BCUT2D eigenvalue weighted by atomic mass is 9.85. The van der Waals surface area contributed by atoms with Gasteiger partial charge in [-0.2, -0.15) is 0 Å². The third-order valence-electron chi connectivity index (χ3n) is 3.62. The first-order valence-electron chi connectivity index (χ1n) is 6.48. The maximum Gasteiger partial charge on any atom is 0.319 e. The van der Waals surface area contributed by atoms with E-state index < -0.39 is 29.3 Å². The van der Waals surface area contributed by atoms with E-state index in [1.165, 1.54) is 19.1 Å². The van der Waals surface area contributed by atoms with E-state index in [1.807, 2.05) is 0 Å². The van der Waals surface area contributed by atoms with Crippen LogP contribution in [-0.4, -0.2) is 36.4 Å². The monoisotopic (exact) mass is 296 g/mol. The van der Waals surface area contributed by atoms with Crippen LogP contribution in [0.15, 0.2) is 18.2 Å². The highest BCUT2D eigenvalue weighted by molar-refractivity contribution is 5.90. The number of aliphatic carboxylic acids is 1. The molecule has 0 saturated carbocycles. The summed E-state index contributed by atoms with van der Waals surface area (Å²) < 4.78 is 18.7. The van der Waals surface area contributed by atoms with Gasteiger partial charge in [0.1, 0.15) is 11.2 Å². The standard InChI is InChI=1S/C14H17FN2O4/c1-8-3-4-9(15)10(5-8)16-13(20)17-11-6-21-7-14(11,2)12(18)19/h3-5,11H,6-7H2,1-2H3,(H,18,19)(H2,16,17,20). The topological polar surface area (TPSA) is 87.7 Å². The molecule has 1 aliphatic heterocycles. The number of amides is 2. The second-order valence-electron chi connectivity index (χ2n) is 5.37. The molecular weight excluding hydrogens is 279 g/mol.